The lowest BCUT2D eigenvalue weighted by Gasteiger charge is -2.26. The minimum absolute atomic E-state index is 0.00664. The van der Waals surface area contributed by atoms with Crippen molar-refractivity contribution >= 4 is 22.6 Å². The molecule has 1 saturated carbocycles. The number of benzene rings is 2. The average molecular weight is 415 g/mol. The van der Waals surface area contributed by atoms with Crippen molar-refractivity contribution in [3.05, 3.63) is 87.5 Å². The molecule has 6 heteroatoms. The van der Waals surface area contributed by atoms with E-state index in [4.69, 9.17) is 0 Å². The molecular formula is C25H25N3O3. The van der Waals surface area contributed by atoms with Crippen molar-refractivity contribution in [3.63, 3.8) is 0 Å². The molecule has 4 rings (SSSR count). The Kier molecular flexibility index (Phi) is 5.55. The van der Waals surface area contributed by atoms with Crippen LogP contribution >= 0.6 is 0 Å². The van der Waals surface area contributed by atoms with Gasteiger partial charge in [0.05, 0.1) is 16.9 Å². The summed E-state index contributed by atoms with van der Waals surface area (Å²) in [5.74, 6) is 0.305. The zero-order valence-corrected chi connectivity index (χ0v) is 17.8. The van der Waals surface area contributed by atoms with E-state index in [0.717, 1.165) is 11.1 Å². The molecule has 1 heterocycles. The van der Waals surface area contributed by atoms with Crippen molar-refractivity contribution in [1.82, 2.24) is 14.9 Å². The van der Waals surface area contributed by atoms with Gasteiger partial charge in [-0.25, -0.2) is 4.98 Å². The summed E-state index contributed by atoms with van der Waals surface area (Å²) in [6, 6.07) is 12.2. The highest BCUT2D eigenvalue weighted by Gasteiger charge is 2.28. The van der Waals surface area contributed by atoms with Crippen molar-refractivity contribution in [2.24, 2.45) is 0 Å². The van der Waals surface area contributed by atoms with Crippen LogP contribution in [0.5, 0.6) is 0 Å². The normalized spacial score (nSPS) is 16.5. The Morgan fingerprint density at radius 1 is 1.19 bits per heavy atom. The maximum Gasteiger partial charge on any atom is 0.262 e. The first-order valence-corrected chi connectivity index (χ1v) is 10.4. The molecule has 6 nitrogen and oxygen atoms in total. The second kappa shape index (κ2) is 8.30. The molecule has 0 saturated heterocycles. The van der Waals surface area contributed by atoms with Gasteiger partial charge in [0.15, 0.2) is 5.78 Å². The molecule has 1 amide bonds. The van der Waals surface area contributed by atoms with Crippen molar-refractivity contribution in [1.29, 1.82) is 0 Å². The van der Waals surface area contributed by atoms with E-state index in [1.807, 2.05) is 37.3 Å². The van der Waals surface area contributed by atoms with Gasteiger partial charge in [0.25, 0.3) is 11.5 Å². The van der Waals surface area contributed by atoms with Crippen LogP contribution in [0.15, 0.2) is 59.4 Å². The van der Waals surface area contributed by atoms with Crippen LogP contribution in [-0.2, 0) is 11.3 Å². The highest BCUT2D eigenvalue weighted by molar-refractivity contribution is 5.94. The topological polar surface area (TPSA) is 81.1 Å². The number of allylic oxidation sites excluding steroid dienone is 1. The van der Waals surface area contributed by atoms with Crippen LogP contribution in [-0.4, -0.2) is 21.2 Å². The van der Waals surface area contributed by atoms with E-state index in [2.05, 4.69) is 16.9 Å². The van der Waals surface area contributed by atoms with Gasteiger partial charge in [-0.05, 0) is 50.5 Å². The Balaban J connectivity index is 1.70. The van der Waals surface area contributed by atoms with Crippen LogP contribution < -0.4 is 10.9 Å². The molecule has 0 bridgehead atoms. The molecule has 1 aliphatic rings. The predicted molar refractivity (Wildman–Crippen MR) is 120 cm³/mol. The molecule has 0 spiro atoms. The van der Waals surface area contributed by atoms with Gasteiger partial charge in [-0.15, -0.1) is 0 Å². The second-order valence-corrected chi connectivity index (χ2v) is 8.15. The van der Waals surface area contributed by atoms with Crippen LogP contribution in [0.2, 0.25) is 0 Å². The summed E-state index contributed by atoms with van der Waals surface area (Å²) in [5.41, 5.74) is 3.47. The van der Waals surface area contributed by atoms with E-state index in [0.29, 0.717) is 47.1 Å². The van der Waals surface area contributed by atoms with E-state index in [1.54, 1.807) is 19.1 Å². The lowest BCUT2D eigenvalue weighted by atomic mass is 9.90. The first-order chi connectivity index (χ1) is 14.8. The Morgan fingerprint density at radius 2 is 1.97 bits per heavy atom. The van der Waals surface area contributed by atoms with Crippen LogP contribution in [0.1, 0.15) is 52.6 Å². The van der Waals surface area contributed by atoms with Gasteiger partial charge in [0.1, 0.15) is 5.82 Å². The number of amides is 1. The number of hydrogen-bond donors (Lipinski definition) is 1. The van der Waals surface area contributed by atoms with Crippen molar-refractivity contribution in [3.8, 4) is 0 Å². The number of carbonyl (C=O) groups excluding carboxylic acids is 2. The monoisotopic (exact) mass is 415 g/mol. The average Bonchev–Trinajstić information content (AvgIpc) is 2.73. The molecular weight excluding hydrogens is 390 g/mol. The van der Waals surface area contributed by atoms with Gasteiger partial charge in [0, 0.05) is 18.5 Å². The van der Waals surface area contributed by atoms with E-state index in [1.165, 1.54) is 4.57 Å². The Labute approximate surface area is 180 Å². The predicted octanol–water partition coefficient (Wildman–Crippen LogP) is 3.79. The van der Waals surface area contributed by atoms with Gasteiger partial charge >= 0.3 is 0 Å². The Bertz CT molecular complexity index is 1270. The minimum atomic E-state index is -0.523. The third-order valence-corrected chi connectivity index (χ3v) is 5.79. The number of Topliss-reactive ketones (excluding diaryl/α,β-unsaturated/α-hetero) is 1. The summed E-state index contributed by atoms with van der Waals surface area (Å²) >= 11 is 0. The molecule has 1 atom stereocenters. The van der Waals surface area contributed by atoms with Gasteiger partial charge in [0.2, 0.25) is 0 Å². The summed E-state index contributed by atoms with van der Waals surface area (Å²) in [4.78, 5) is 43.3. The van der Waals surface area contributed by atoms with Crippen LogP contribution in [0.3, 0.4) is 0 Å². The Morgan fingerprint density at radius 3 is 2.71 bits per heavy atom. The summed E-state index contributed by atoms with van der Waals surface area (Å²) in [6.07, 6.45) is 1.56. The minimum Gasteiger partial charge on any atom is -0.348 e. The molecule has 158 valence electrons. The number of nitrogens with zero attached hydrogens (tertiary/aromatic N) is 2. The molecule has 0 radical (unpaired) electrons. The molecule has 1 fully saturated rings. The lowest BCUT2D eigenvalue weighted by Crippen LogP contribution is -2.35. The molecule has 1 aromatic heterocycles. The van der Waals surface area contributed by atoms with Crippen LogP contribution in [0.25, 0.3) is 10.9 Å². The fraction of sp³-hybridized carbons (Fsp3) is 0.280. The third kappa shape index (κ3) is 4.06. The van der Waals surface area contributed by atoms with E-state index in [9.17, 15) is 14.4 Å². The quantitative estimate of drug-likeness (QED) is 0.658. The first kappa shape index (κ1) is 20.7. The number of ketones is 1. The second-order valence-electron chi connectivity index (χ2n) is 8.15. The number of fused-ring (bicyclic) bond motifs is 1. The van der Waals surface area contributed by atoms with Gasteiger partial charge in [-0.1, -0.05) is 42.0 Å². The maximum atomic E-state index is 13.5. The third-order valence-electron chi connectivity index (χ3n) is 5.79. The van der Waals surface area contributed by atoms with Crippen LogP contribution in [0, 0.1) is 13.8 Å². The fourth-order valence-corrected chi connectivity index (χ4v) is 4.23. The SMILES string of the molecule is C=C1CCC(n2c(C)nc3cccc(CNC(=O)c4cccc(C)c4)c3c2=O)C(=O)C1. The number of hydrogen-bond acceptors (Lipinski definition) is 4. The summed E-state index contributed by atoms with van der Waals surface area (Å²) < 4.78 is 1.52. The highest BCUT2D eigenvalue weighted by atomic mass is 16.2. The molecule has 31 heavy (non-hydrogen) atoms. The molecule has 1 N–H and O–H groups in total. The Hall–Kier alpha value is -3.54. The largest absolute Gasteiger partial charge is 0.348 e. The first-order valence-electron chi connectivity index (χ1n) is 10.4. The number of nitrogens with one attached hydrogen (secondary N) is 1. The molecule has 1 unspecified atom stereocenters. The van der Waals surface area contributed by atoms with E-state index in [-0.39, 0.29) is 23.8 Å². The number of aromatic nitrogens is 2. The fourth-order valence-electron chi connectivity index (χ4n) is 4.23. The summed E-state index contributed by atoms with van der Waals surface area (Å²) in [5, 5.41) is 3.34. The standard InChI is InChI=1S/C25H25N3O3/c1-15-6-4-7-18(12-15)24(30)26-14-19-8-5-9-20-23(19)25(31)28(17(3)27-20)21-11-10-16(2)13-22(21)29/h4-9,12,21H,2,10-11,13-14H2,1,3H3,(H,26,30). The van der Waals surface area contributed by atoms with Gasteiger partial charge in [-0.2, -0.15) is 0 Å². The van der Waals surface area contributed by atoms with Gasteiger partial charge < -0.3 is 5.32 Å². The van der Waals surface area contributed by atoms with Crippen LogP contribution in [0.4, 0.5) is 0 Å². The van der Waals surface area contributed by atoms with E-state index < -0.39 is 6.04 Å². The molecule has 3 aromatic rings. The maximum absolute atomic E-state index is 13.5. The molecule has 1 aliphatic carbocycles. The number of aryl methyl sites for hydroxylation is 2. The molecule has 2 aromatic carbocycles. The number of carbonyl (C=O) groups is 2. The lowest BCUT2D eigenvalue weighted by molar-refractivity contribution is -0.122. The zero-order valence-electron chi connectivity index (χ0n) is 17.8. The van der Waals surface area contributed by atoms with Gasteiger partial charge in [-0.3, -0.25) is 19.0 Å². The van der Waals surface area contributed by atoms with Crippen molar-refractivity contribution in [2.75, 3.05) is 0 Å². The smallest absolute Gasteiger partial charge is 0.262 e. The number of rotatable bonds is 4. The highest BCUT2D eigenvalue weighted by Crippen LogP contribution is 2.28. The summed E-state index contributed by atoms with van der Waals surface area (Å²) in [6.45, 7) is 7.79. The van der Waals surface area contributed by atoms with Crippen molar-refractivity contribution in [2.45, 2.75) is 45.7 Å². The van der Waals surface area contributed by atoms with E-state index >= 15 is 0 Å². The summed E-state index contributed by atoms with van der Waals surface area (Å²) in [7, 11) is 0. The molecule has 0 aliphatic heterocycles. The zero-order chi connectivity index (χ0) is 22.1. The van der Waals surface area contributed by atoms with Crippen molar-refractivity contribution < 1.29 is 9.59 Å².